The molecule has 0 spiro atoms. The molecule has 0 saturated heterocycles. The van der Waals surface area contributed by atoms with Crippen molar-refractivity contribution in [3.63, 3.8) is 0 Å². The van der Waals surface area contributed by atoms with Crippen molar-refractivity contribution >= 4 is 22.7 Å². The molecule has 0 atom stereocenters. The van der Waals surface area contributed by atoms with Gasteiger partial charge in [-0.2, -0.15) is 13.2 Å². The third kappa shape index (κ3) is 3.66. The van der Waals surface area contributed by atoms with Crippen molar-refractivity contribution in [2.24, 2.45) is 0 Å². The molecule has 0 unspecified atom stereocenters. The summed E-state index contributed by atoms with van der Waals surface area (Å²) in [4.78, 5) is 11.7. The van der Waals surface area contributed by atoms with Crippen LogP contribution in [-0.4, -0.2) is 19.5 Å². The summed E-state index contributed by atoms with van der Waals surface area (Å²) in [7, 11) is 0. The first-order chi connectivity index (χ1) is 13.4. The number of alkyl halides is 3. The Balaban J connectivity index is 1.80. The number of benzene rings is 2. The van der Waals surface area contributed by atoms with Gasteiger partial charge in [-0.05, 0) is 24.6 Å². The van der Waals surface area contributed by atoms with Crippen LogP contribution in [0.2, 0.25) is 0 Å². The Hall–Kier alpha value is -3.42. The molecule has 0 aliphatic carbocycles. The van der Waals surface area contributed by atoms with Crippen molar-refractivity contribution in [1.82, 2.24) is 19.5 Å². The Labute approximate surface area is 158 Å². The summed E-state index contributed by atoms with van der Waals surface area (Å²) >= 11 is 0. The molecule has 5 nitrogen and oxygen atoms in total. The molecular weight excluding hydrogens is 367 g/mol. The lowest BCUT2D eigenvalue weighted by Gasteiger charge is -2.11. The fourth-order valence-electron chi connectivity index (χ4n) is 2.82. The number of imidazole rings is 1. The predicted molar refractivity (Wildman–Crippen MR) is 100 cm³/mol. The molecule has 0 radical (unpaired) electrons. The number of nitrogens with one attached hydrogen (secondary N) is 1. The quantitative estimate of drug-likeness (QED) is 0.542. The fourth-order valence-corrected chi connectivity index (χ4v) is 2.82. The fraction of sp³-hybridized carbons (Fsp3) is 0.150. The Kier molecular flexibility index (Phi) is 4.46. The molecule has 0 saturated carbocycles. The summed E-state index contributed by atoms with van der Waals surface area (Å²) in [6, 6.07) is 16.6. The van der Waals surface area contributed by atoms with Gasteiger partial charge in [0.05, 0.1) is 12.9 Å². The summed E-state index contributed by atoms with van der Waals surface area (Å²) < 4.78 is 41.7. The van der Waals surface area contributed by atoms with Gasteiger partial charge in [0.2, 0.25) is 5.82 Å². The zero-order chi connectivity index (χ0) is 19.7. The van der Waals surface area contributed by atoms with Crippen LogP contribution in [0.25, 0.3) is 11.2 Å². The number of anilines is 2. The summed E-state index contributed by atoms with van der Waals surface area (Å²) in [6.07, 6.45) is -3.18. The molecular formula is C20H16F3N5. The maximum absolute atomic E-state index is 13.4. The van der Waals surface area contributed by atoms with Crippen LogP contribution >= 0.6 is 0 Å². The second-order valence-electron chi connectivity index (χ2n) is 6.41. The van der Waals surface area contributed by atoms with Crippen LogP contribution in [-0.2, 0) is 12.7 Å². The van der Waals surface area contributed by atoms with Gasteiger partial charge in [-0.3, -0.25) is 0 Å². The van der Waals surface area contributed by atoms with Crippen LogP contribution in [0.15, 0.2) is 60.9 Å². The molecule has 0 fully saturated rings. The predicted octanol–water partition coefficient (Wildman–Crippen LogP) is 4.95. The summed E-state index contributed by atoms with van der Waals surface area (Å²) in [5.41, 5.74) is 3.07. The number of halogens is 3. The molecule has 0 aliphatic heterocycles. The van der Waals surface area contributed by atoms with Crippen molar-refractivity contribution in [3.8, 4) is 0 Å². The van der Waals surface area contributed by atoms with E-state index in [1.165, 1.54) is 6.33 Å². The monoisotopic (exact) mass is 383 g/mol. The molecule has 0 amide bonds. The van der Waals surface area contributed by atoms with E-state index < -0.39 is 12.0 Å². The van der Waals surface area contributed by atoms with Gasteiger partial charge in [0.1, 0.15) is 0 Å². The van der Waals surface area contributed by atoms with Gasteiger partial charge in [-0.15, -0.1) is 0 Å². The highest BCUT2D eigenvalue weighted by Gasteiger charge is 2.36. The minimum Gasteiger partial charge on any atom is -0.338 e. The van der Waals surface area contributed by atoms with Crippen LogP contribution in [0.3, 0.4) is 0 Å². The zero-order valence-electron chi connectivity index (χ0n) is 14.9. The Morgan fingerprint density at radius 3 is 2.36 bits per heavy atom. The van der Waals surface area contributed by atoms with Crippen molar-refractivity contribution in [2.45, 2.75) is 19.6 Å². The van der Waals surface area contributed by atoms with Gasteiger partial charge < -0.3 is 9.88 Å². The second-order valence-corrected chi connectivity index (χ2v) is 6.41. The first-order valence-electron chi connectivity index (χ1n) is 8.58. The molecule has 28 heavy (non-hydrogen) atoms. The van der Waals surface area contributed by atoms with Gasteiger partial charge in [-0.1, -0.05) is 48.0 Å². The van der Waals surface area contributed by atoms with Crippen LogP contribution in [0.4, 0.5) is 24.7 Å². The number of aryl methyl sites for hydroxylation is 1. The topological polar surface area (TPSA) is 55.6 Å². The molecule has 2 heterocycles. The van der Waals surface area contributed by atoms with E-state index in [4.69, 9.17) is 0 Å². The Morgan fingerprint density at radius 1 is 0.964 bits per heavy atom. The van der Waals surface area contributed by atoms with Crippen LogP contribution in [0.5, 0.6) is 0 Å². The third-order valence-electron chi connectivity index (χ3n) is 4.23. The lowest BCUT2D eigenvalue weighted by atomic mass is 10.1. The van der Waals surface area contributed by atoms with Gasteiger partial charge in [0.25, 0.3) is 0 Å². The molecule has 2 aromatic carbocycles. The lowest BCUT2D eigenvalue weighted by Crippen LogP contribution is -2.13. The second kappa shape index (κ2) is 6.95. The van der Waals surface area contributed by atoms with E-state index in [1.807, 2.05) is 37.3 Å². The minimum atomic E-state index is -4.67. The minimum absolute atomic E-state index is 0.0196. The van der Waals surface area contributed by atoms with Gasteiger partial charge in [0, 0.05) is 5.69 Å². The molecule has 1 N–H and O–H groups in total. The zero-order valence-corrected chi connectivity index (χ0v) is 14.9. The first-order valence-corrected chi connectivity index (χ1v) is 8.58. The van der Waals surface area contributed by atoms with Crippen LogP contribution in [0, 0.1) is 6.92 Å². The highest BCUT2D eigenvalue weighted by Crippen LogP contribution is 2.31. The largest absolute Gasteiger partial charge is 0.451 e. The van der Waals surface area contributed by atoms with Gasteiger partial charge >= 0.3 is 6.18 Å². The standard InChI is InChI=1S/C20H16F3N5/c1-13-7-9-14(10-8-13)11-28-12-24-16-17(25-15-5-3-2-4-6-15)26-19(20(21,22)23)27-18(16)28/h2-10,12H,11H2,1H3,(H,25,26,27). The first kappa shape index (κ1) is 18.0. The number of nitrogens with zero attached hydrogens (tertiary/aromatic N) is 4. The summed E-state index contributed by atoms with van der Waals surface area (Å²) in [5.74, 6) is -1.18. The molecule has 0 bridgehead atoms. The number of hydrogen-bond donors (Lipinski definition) is 1. The third-order valence-corrected chi connectivity index (χ3v) is 4.23. The van der Waals surface area contributed by atoms with Gasteiger partial charge in [0.15, 0.2) is 17.0 Å². The van der Waals surface area contributed by atoms with E-state index in [9.17, 15) is 13.2 Å². The number of para-hydroxylation sites is 1. The summed E-state index contributed by atoms with van der Waals surface area (Å²) in [6.45, 7) is 2.33. The van der Waals surface area contributed by atoms with E-state index in [1.54, 1.807) is 28.8 Å². The van der Waals surface area contributed by atoms with Crippen LogP contribution in [0.1, 0.15) is 17.0 Å². The number of hydrogen-bond acceptors (Lipinski definition) is 4. The van der Waals surface area contributed by atoms with Crippen molar-refractivity contribution in [1.29, 1.82) is 0 Å². The van der Waals surface area contributed by atoms with E-state index in [-0.39, 0.29) is 17.0 Å². The highest BCUT2D eigenvalue weighted by molar-refractivity contribution is 5.85. The maximum Gasteiger partial charge on any atom is 0.451 e. The average Bonchev–Trinajstić information content (AvgIpc) is 3.07. The van der Waals surface area contributed by atoms with Crippen molar-refractivity contribution in [2.75, 3.05) is 5.32 Å². The summed E-state index contributed by atoms with van der Waals surface area (Å²) in [5, 5.41) is 2.92. The van der Waals surface area contributed by atoms with Crippen LogP contribution < -0.4 is 5.32 Å². The molecule has 0 aliphatic rings. The van der Waals surface area contributed by atoms with Crippen molar-refractivity contribution < 1.29 is 13.2 Å². The Bertz CT molecular complexity index is 1100. The number of aromatic nitrogens is 4. The van der Waals surface area contributed by atoms with E-state index in [0.29, 0.717) is 12.2 Å². The Morgan fingerprint density at radius 2 is 1.68 bits per heavy atom. The maximum atomic E-state index is 13.4. The van der Waals surface area contributed by atoms with E-state index in [2.05, 4.69) is 20.3 Å². The number of fused-ring (bicyclic) bond motifs is 1. The molecule has 4 aromatic rings. The SMILES string of the molecule is Cc1ccc(Cn2cnc3c(Nc4ccccc4)nc(C(F)(F)F)nc32)cc1. The molecule has 8 heteroatoms. The normalized spacial score (nSPS) is 11.7. The molecule has 142 valence electrons. The smallest absolute Gasteiger partial charge is 0.338 e. The molecule has 4 rings (SSSR count). The van der Waals surface area contributed by atoms with E-state index in [0.717, 1.165) is 11.1 Å². The highest BCUT2D eigenvalue weighted by atomic mass is 19.4. The molecule has 2 aromatic heterocycles. The van der Waals surface area contributed by atoms with Crippen molar-refractivity contribution in [3.05, 3.63) is 77.9 Å². The average molecular weight is 383 g/mol. The number of rotatable bonds is 4. The van der Waals surface area contributed by atoms with Gasteiger partial charge in [-0.25, -0.2) is 15.0 Å². The lowest BCUT2D eigenvalue weighted by molar-refractivity contribution is -0.144. The van der Waals surface area contributed by atoms with E-state index >= 15 is 0 Å².